The van der Waals surface area contributed by atoms with E-state index in [1.807, 2.05) is 22.2 Å². The van der Waals surface area contributed by atoms with E-state index >= 15 is 0 Å². The van der Waals surface area contributed by atoms with Crippen LogP contribution in [0.5, 0.6) is 0 Å². The molecule has 138 valence electrons. The monoisotopic (exact) mass is 374 g/mol. The van der Waals surface area contributed by atoms with Gasteiger partial charge >= 0.3 is 0 Å². The second kappa shape index (κ2) is 7.65. The Bertz CT molecular complexity index is 828. The van der Waals surface area contributed by atoms with Crippen LogP contribution in [0.25, 0.3) is 10.7 Å². The predicted molar refractivity (Wildman–Crippen MR) is 96.4 cm³/mol. The maximum absolute atomic E-state index is 5.67. The molecular weight excluding hydrogens is 352 g/mol. The number of hydrogen-bond donors (Lipinski definition) is 0. The first-order valence-corrected chi connectivity index (χ1v) is 9.64. The van der Waals surface area contributed by atoms with Gasteiger partial charge in [0.25, 0.3) is 0 Å². The minimum absolute atomic E-state index is 0.0748. The van der Waals surface area contributed by atoms with Gasteiger partial charge in [0.2, 0.25) is 11.7 Å². The van der Waals surface area contributed by atoms with Gasteiger partial charge in [-0.1, -0.05) is 25.1 Å². The van der Waals surface area contributed by atoms with Gasteiger partial charge in [-0.25, -0.2) is 9.67 Å². The summed E-state index contributed by atoms with van der Waals surface area (Å²) >= 11 is 1.60. The van der Waals surface area contributed by atoms with Crippen LogP contribution in [0, 0.1) is 5.92 Å². The lowest BCUT2D eigenvalue weighted by Gasteiger charge is -2.32. The summed E-state index contributed by atoms with van der Waals surface area (Å²) in [4.78, 5) is 12.3. The summed E-state index contributed by atoms with van der Waals surface area (Å²) in [5, 5.41) is 10.5. The fourth-order valence-corrected chi connectivity index (χ4v) is 3.67. The van der Waals surface area contributed by atoms with Gasteiger partial charge in [-0.15, -0.1) is 11.3 Å². The van der Waals surface area contributed by atoms with Crippen molar-refractivity contribution in [2.45, 2.75) is 33.0 Å². The molecule has 1 aliphatic heterocycles. The van der Waals surface area contributed by atoms with E-state index in [1.54, 1.807) is 17.7 Å². The van der Waals surface area contributed by atoms with Crippen LogP contribution in [0.1, 0.15) is 31.6 Å². The standard InChI is InChI=1S/C17H22N6O2S/c1-12(2)8-23-15(18-11-19-23)9-22-5-6-24-10-13(22)17-20-16(21-25-17)14-4-3-7-26-14/h3-4,7,11-13H,5-6,8-10H2,1-2H3. The highest BCUT2D eigenvalue weighted by molar-refractivity contribution is 7.13. The van der Waals surface area contributed by atoms with E-state index in [1.165, 1.54) is 0 Å². The number of thiophene rings is 1. The van der Waals surface area contributed by atoms with Crippen molar-refractivity contribution in [1.29, 1.82) is 0 Å². The Hall–Kier alpha value is -2.10. The maximum Gasteiger partial charge on any atom is 0.246 e. The van der Waals surface area contributed by atoms with Gasteiger partial charge in [-0.2, -0.15) is 10.1 Å². The zero-order valence-electron chi connectivity index (χ0n) is 14.9. The summed E-state index contributed by atoms with van der Waals surface area (Å²) in [5.41, 5.74) is 0. The molecule has 0 aromatic carbocycles. The molecule has 0 radical (unpaired) electrons. The maximum atomic E-state index is 5.67. The Morgan fingerprint density at radius 3 is 3.12 bits per heavy atom. The van der Waals surface area contributed by atoms with Gasteiger partial charge in [0.05, 0.1) is 24.6 Å². The minimum Gasteiger partial charge on any atom is -0.378 e. The lowest BCUT2D eigenvalue weighted by molar-refractivity contribution is -0.0257. The van der Waals surface area contributed by atoms with Crippen LogP contribution in [0.15, 0.2) is 28.4 Å². The number of ether oxygens (including phenoxy) is 1. The molecule has 3 aromatic heterocycles. The fourth-order valence-electron chi connectivity index (χ4n) is 3.02. The minimum atomic E-state index is -0.0748. The molecule has 3 aromatic rings. The SMILES string of the molecule is CC(C)Cn1ncnc1CN1CCOCC1c1nc(-c2cccs2)no1. The molecule has 4 heterocycles. The van der Waals surface area contributed by atoms with Crippen molar-refractivity contribution in [2.24, 2.45) is 5.92 Å². The molecule has 0 aliphatic carbocycles. The van der Waals surface area contributed by atoms with Crippen LogP contribution in [-0.4, -0.2) is 49.6 Å². The molecule has 26 heavy (non-hydrogen) atoms. The van der Waals surface area contributed by atoms with E-state index in [0.717, 1.165) is 23.8 Å². The fraction of sp³-hybridized carbons (Fsp3) is 0.529. The first-order chi connectivity index (χ1) is 12.7. The molecule has 9 heteroatoms. The smallest absolute Gasteiger partial charge is 0.246 e. The molecule has 1 unspecified atom stereocenters. The summed E-state index contributed by atoms with van der Waals surface area (Å²) in [7, 11) is 0. The average Bonchev–Trinajstić information content (AvgIpc) is 3.36. The molecule has 1 atom stereocenters. The van der Waals surface area contributed by atoms with Crippen molar-refractivity contribution < 1.29 is 9.26 Å². The number of aromatic nitrogens is 5. The van der Waals surface area contributed by atoms with Gasteiger partial charge in [0.15, 0.2) is 0 Å². The molecule has 1 fully saturated rings. The third-order valence-electron chi connectivity index (χ3n) is 4.29. The molecule has 1 saturated heterocycles. The molecule has 0 amide bonds. The van der Waals surface area contributed by atoms with Crippen LogP contribution in [-0.2, 0) is 17.8 Å². The first-order valence-electron chi connectivity index (χ1n) is 8.76. The molecule has 0 N–H and O–H groups in total. The van der Waals surface area contributed by atoms with Gasteiger partial charge in [0, 0.05) is 13.1 Å². The zero-order chi connectivity index (χ0) is 17.9. The second-order valence-corrected chi connectivity index (χ2v) is 7.69. The van der Waals surface area contributed by atoms with Crippen molar-refractivity contribution in [3.63, 3.8) is 0 Å². The molecule has 1 aliphatic rings. The van der Waals surface area contributed by atoms with Gasteiger partial charge in [-0.05, 0) is 17.4 Å². The van der Waals surface area contributed by atoms with E-state index in [9.17, 15) is 0 Å². The van der Waals surface area contributed by atoms with Crippen molar-refractivity contribution in [1.82, 2.24) is 29.8 Å². The van der Waals surface area contributed by atoms with E-state index in [0.29, 0.717) is 37.4 Å². The Morgan fingerprint density at radius 2 is 2.31 bits per heavy atom. The Morgan fingerprint density at radius 1 is 1.38 bits per heavy atom. The van der Waals surface area contributed by atoms with Crippen molar-refractivity contribution >= 4 is 11.3 Å². The summed E-state index contributed by atoms with van der Waals surface area (Å²) in [6.07, 6.45) is 1.62. The third-order valence-corrected chi connectivity index (χ3v) is 5.15. The highest BCUT2D eigenvalue weighted by atomic mass is 32.1. The Kier molecular flexibility index (Phi) is 5.09. The predicted octanol–water partition coefficient (Wildman–Crippen LogP) is 2.62. The quantitative estimate of drug-likeness (QED) is 0.656. The largest absolute Gasteiger partial charge is 0.378 e. The Balaban J connectivity index is 1.53. The van der Waals surface area contributed by atoms with Gasteiger partial charge in [0.1, 0.15) is 18.2 Å². The van der Waals surface area contributed by atoms with Crippen LogP contribution in [0.2, 0.25) is 0 Å². The highest BCUT2D eigenvalue weighted by Crippen LogP contribution is 2.28. The molecule has 8 nitrogen and oxygen atoms in total. The number of hydrogen-bond acceptors (Lipinski definition) is 8. The summed E-state index contributed by atoms with van der Waals surface area (Å²) in [6, 6.07) is 3.89. The Labute approximate surface area is 155 Å². The van der Waals surface area contributed by atoms with Gasteiger partial charge in [-0.3, -0.25) is 4.90 Å². The van der Waals surface area contributed by atoms with E-state index < -0.39 is 0 Å². The van der Waals surface area contributed by atoms with Crippen molar-refractivity contribution in [3.8, 4) is 10.7 Å². The average molecular weight is 374 g/mol. The lowest BCUT2D eigenvalue weighted by Crippen LogP contribution is -2.40. The highest BCUT2D eigenvalue weighted by Gasteiger charge is 2.31. The molecule has 4 rings (SSSR count). The second-order valence-electron chi connectivity index (χ2n) is 6.75. The van der Waals surface area contributed by atoms with E-state index in [4.69, 9.17) is 9.26 Å². The number of nitrogens with zero attached hydrogens (tertiary/aromatic N) is 6. The lowest BCUT2D eigenvalue weighted by atomic mass is 10.2. The van der Waals surface area contributed by atoms with Crippen molar-refractivity contribution in [3.05, 3.63) is 35.6 Å². The summed E-state index contributed by atoms with van der Waals surface area (Å²) in [5.74, 6) is 2.68. The van der Waals surface area contributed by atoms with Crippen molar-refractivity contribution in [2.75, 3.05) is 19.8 Å². The topological polar surface area (TPSA) is 82.1 Å². The van der Waals surface area contributed by atoms with E-state index in [2.05, 4.69) is 39.0 Å². The van der Waals surface area contributed by atoms with Crippen LogP contribution in [0.4, 0.5) is 0 Å². The van der Waals surface area contributed by atoms with E-state index in [-0.39, 0.29) is 6.04 Å². The normalized spacial score (nSPS) is 18.7. The molecule has 0 bridgehead atoms. The molecular formula is C17H22N6O2S. The molecule has 0 spiro atoms. The number of rotatable bonds is 6. The summed E-state index contributed by atoms with van der Waals surface area (Å²) in [6.45, 7) is 7.88. The van der Waals surface area contributed by atoms with Crippen LogP contribution < -0.4 is 0 Å². The third kappa shape index (κ3) is 3.69. The molecule has 0 saturated carbocycles. The first kappa shape index (κ1) is 17.3. The van der Waals surface area contributed by atoms with Crippen LogP contribution >= 0.6 is 11.3 Å². The van der Waals surface area contributed by atoms with Gasteiger partial charge < -0.3 is 9.26 Å². The van der Waals surface area contributed by atoms with Crippen LogP contribution in [0.3, 0.4) is 0 Å². The zero-order valence-corrected chi connectivity index (χ0v) is 15.7. The number of morpholine rings is 1. The summed E-state index contributed by atoms with van der Waals surface area (Å²) < 4.78 is 13.2.